The maximum Gasteiger partial charge on any atom is 0.317 e. The van der Waals surface area contributed by atoms with E-state index in [2.05, 4.69) is 15.4 Å². The van der Waals surface area contributed by atoms with Crippen molar-refractivity contribution in [3.05, 3.63) is 42.5 Å². The summed E-state index contributed by atoms with van der Waals surface area (Å²) in [6.07, 6.45) is 9.98. The number of nitrogens with zero attached hydrogens (tertiary/aromatic N) is 4. The monoisotopic (exact) mass is 329 g/mol. The molecule has 0 aliphatic carbocycles. The molecule has 1 aliphatic rings. The van der Waals surface area contributed by atoms with Gasteiger partial charge in [0.1, 0.15) is 11.9 Å². The first-order valence-electron chi connectivity index (χ1n) is 8.27. The second kappa shape index (κ2) is 7.81. The van der Waals surface area contributed by atoms with Crippen molar-refractivity contribution < 1.29 is 9.53 Å². The molecule has 7 heteroatoms. The van der Waals surface area contributed by atoms with Crippen molar-refractivity contribution in [1.29, 1.82) is 0 Å². The van der Waals surface area contributed by atoms with Crippen molar-refractivity contribution in [1.82, 2.24) is 25.0 Å². The molecule has 1 unspecified atom stereocenters. The Balaban J connectivity index is 1.35. The molecule has 2 aromatic rings. The molecule has 0 saturated carbocycles. The Labute approximate surface area is 141 Å². The summed E-state index contributed by atoms with van der Waals surface area (Å²) in [5, 5.41) is 7.12. The highest BCUT2D eigenvalue weighted by atomic mass is 16.5. The maximum absolute atomic E-state index is 12.2. The molecule has 3 heterocycles. The average molecular weight is 329 g/mol. The zero-order valence-electron chi connectivity index (χ0n) is 13.9. The van der Waals surface area contributed by atoms with Crippen molar-refractivity contribution in [2.75, 3.05) is 19.6 Å². The number of hydrogen-bond acceptors (Lipinski definition) is 4. The maximum atomic E-state index is 12.2. The third kappa shape index (κ3) is 4.47. The summed E-state index contributed by atoms with van der Waals surface area (Å²) < 4.78 is 7.64. The first-order chi connectivity index (χ1) is 11.7. The predicted molar refractivity (Wildman–Crippen MR) is 89.8 cm³/mol. The van der Waals surface area contributed by atoms with Gasteiger partial charge in [0, 0.05) is 39.0 Å². The van der Waals surface area contributed by atoms with Crippen LogP contribution in [0.25, 0.3) is 0 Å². The summed E-state index contributed by atoms with van der Waals surface area (Å²) in [7, 11) is 1.91. The summed E-state index contributed by atoms with van der Waals surface area (Å²) in [6, 6.07) is 3.71. The van der Waals surface area contributed by atoms with Crippen LogP contribution in [0, 0.1) is 0 Å². The third-order valence-corrected chi connectivity index (χ3v) is 4.05. The Kier molecular flexibility index (Phi) is 5.30. The van der Waals surface area contributed by atoms with E-state index in [4.69, 9.17) is 4.74 Å². The first-order valence-corrected chi connectivity index (χ1v) is 8.27. The van der Waals surface area contributed by atoms with Crippen LogP contribution in [0.2, 0.25) is 0 Å². The predicted octanol–water partition coefficient (Wildman–Crippen LogP) is 1.61. The number of urea groups is 1. The number of nitrogens with one attached hydrogen (secondary N) is 1. The van der Waals surface area contributed by atoms with Gasteiger partial charge < -0.3 is 15.0 Å². The highest BCUT2D eigenvalue weighted by Crippen LogP contribution is 2.17. The minimum atomic E-state index is -0.0153. The van der Waals surface area contributed by atoms with E-state index in [1.165, 1.54) is 5.56 Å². The number of carbonyl (C=O) groups is 1. The van der Waals surface area contributed by atoms with Gasteiger partial charge in [0.25, 0.3) is 0 Å². The van der Waals surface area contributed by atoms with Crippen molar-refractivity contribution in [3.8, 4) is 5.75 Å². The van der Waals surface area contributed by atoms with Crippen LogP contribution in [-0.2, 0) is 13.5 Å². The zero-order valence-corrected chi connectivity index (χ0v) is 13.9. The summed E-state index contributed by atoms with van der Waals surface area (Å²) in [5.74, 6) is 0.751. The first kappa shape index (κ1) is 16.3. The van der Waals surface area contributed by atoms with E-state index in [9.17, 15) is 4.79 Å². The lowest BCUT2D eigenvalue weighted by atomic mass is 10.2. The fourth-order valence-electron chi connectivity index (χ4n) is 2.82. The Morgan fingerprint density at radius 1 is 1.46 bits per heavy atom. The third-order valence-electron chi connectivity index (χ3n) is 4.05. The van der Waals surface area contributed by atoms with Gasteiger partial charge in [-0.3, -0.25) is 9.67 Å². The minimum Gasteiger partial charge on any atom is -0.487 e. The SMILES string of the molecule is Cn1cc(CCCNC(=O)N2CCC(Oc3cccnc3)C2)cn1. The standard InChI is InChI=1S/C17H23N5O2/c1-21-12-14(10-20-21)4-2-8-19-17(23)22-9-6-16(13-22)24-15-5-3-7-18-11-15/h3,5,7,10-12,16H,2,4,6,8-9,13H2,1H3,(H,19,23). The number of pyridine rings is 1. The van der Waals surface area contributed by atoms with Crippen LogP contribution in [0.5, 0.6) is 5.75 Å². The highest BCUT2D eigenvalue weighted by molar-refractivity contribution is 5.74. The molecule has 1 saturated heterocycles. The number of aromatic nitrogens is 3. The minimum absolute atomic E-state index is 0.0153. The number of likely N-dealkylation sites (tertiary alicyclic amines) is 1. The van der Waals surface area contributed by atoms with E-state index in [0.29, 0.717) is 13.1 Å². The van der Waals surface area contributed by atoms with Gasteiger partial charge in [0.05, 0.1) is 18.9 Å². The molecule has 1 aliphatic heterocycles. The van der Waals surface area contributed by atoms with Crippen LogP contribution in [0.1, 0.15) is 18.4 Å². The van der Waals surface area contributed by atoms with Crippen LogP contribution < -0.4 is 10.1 Å². The molecule has 2 amide bonds. The van der Waals surface area contributed by atoms with Crippen molar-refractivity contribution in [3.63, 3.8) is 0 Å². The van der Waals surface area contributed by atoms with E-state index >= 15 is 0 Å². The summed E-state index contributed by atoms with van der Waals surface area (Å²) >= 11 is 0. The van der Waals surface area contributed by atoms with Crippen LogP contribution in [-0.4, -0.2) is 51.4 Å². The normalized spacial score (nSPS) is 17.0. The van der Waals surface area contributed by atoms with Gasteiger partial charge in [-0.05, 0) is 30.5 Å². The highest BCUT2D eigenvalue weighted by Gasteiger charge is 2.27. The smallest absolute Gasteiger partial charge is 0.317 e. The largest absolute Gasteiger partial charge is 0.487 e. The quantitative estimate of drug-likeness (QED) is 0.817. The van der Waals surface area contributed by atoms with Gasteiger partial charge in [0.15, 0.2) is 0 Å². The van der Waals surface area contributed by atoms with Gasteiger partial charge in [0.2, 0.25) is 0 Å². The Hall–Kier alpha value is -2.57. The van der Waals surface area contributed by atoms with E-state index in [-0.39, 0.29) is 12.1 Å². The molecule has 0 radical (unpaired) electrons. The summed E-state index contributed by atoms with van der Waals surface area (Å²) in [5.41, 5.74) is 1.19. The Morgan fingerprint density at radius 3 is 3.12 bits per heavy atom. The van der Waals surface area contributed by atoms with Gasteiger partial charge >= 0.3 is 6.03 Å². The molecule has 7 nitrogen and oxygen atoms in total. The van der Waals surface area contributed by atoms with E-state index in [1.807, 2.05) is 36.5 Å². The number of rotatable bonds is 6. The van der Waals surface area contributed by atoms with Gasteiger partial charge in [-0.1, -0.05) is 0 Å². The number of ether oxygens (including phenoxy) is 1. The molecular formula is C17H23N5O2. The van der Waals surface area contributed by atoms with Crippen LogP contribution in [0.4, 0.5) is 4.79 Å². The van der Waals surface area contributed by atoms with Crippen molar-refractivity contribution in [2.45, 2.75) is 25.4 Å². The van der Waals surface area contributed by atoms with Crippen molar-refractivity contribution in [2.24, 2.45) is 7.05 Å². The lowest BCUT2D eigenvalue weighted by Crippen LogP contribution is -2.39. The molecule has 0 spiro atoms. The molecule has 0 bridgehead atoms. The van der Waals surface area contributed by atoms with E-state index in [0.717, 1.165) is 31.6 Å². The average Bonchev–Trinajstić information content (AvgIpc) is 3.21. The lowest BCUT2D eigenvalue weighted by molar-refractivity contribution is 0.186. The fraction of sp³-hybridized carbons (Fsp3) is 0.471. The number of hydrogen-bond donors (Lipinski definition) is 1. The van der Waals surface area contributed by atoms with Gasteiger partial charge in [-0.2, -0.15) is 5.10 Å². The second-order valence-corrected chi connectivity index (χ2v) is 6.02. The second-order valence-electron chi connectivity index (χ2n) is 6.02. The number of amides is 2. The molecule has 1 atom stereocenters. The molecule has 1 N–H and O–H groups in total. The molecule has 1 fully saturated rings. The molecular weight excluding hydrogens is 306 g/mol. The Morgan fingerprint density at radius 2 is 2.38 bits per heavy atom. The molecule has 3 rings (SSSR count). The van der Waals surface area contributed by atoms with Crippen molar-refractivity contribution >= 4 is 6.03 Å². The molecule has 0 aromatic carbocycles. The molecule has 24 heavy (non-hydrogen) atoms. The lowest BCUT2D eigenvalue weighted by Gasteiger charge is -2.17. The topological polar surface area (TPSA) is 72.3 Å². The zero-order chi connectivity index (χ0) is 16.8. The summed E-state index contributed by atoms with van der Waals surface area (Å²) in [4.78, 5) is 18.0. The van der Waals surface area contributed by atoms with Gasteiger partial charge in [-0.25, -0.2) is 4.79 Å². The summed E-state index contributed by atoms with van der Waals surface area (Å²) in [6.45, 7) is 2.00. The van der Waals surface area contributed by atoms with Crippen LogP contribution >= 0.6 is 0 Å². The molecule has 128 valence electrons. The van der Waals surface area contributed by atoms with E-state index in [1.54, 1.807) is 17.1 Å². The van der Waals surface area contributed by atoms with Gasteiger partial charge in [-0.15, -0.1) is 0 Å². The number of carbonyl (C=O) groups excluding carboxylic acids is 1. The van der Waals surface area contributed by atoms with Crippen LogP contribution in [0.3, 0.4) is 0 Å². The Bertz CT molecular complexity index is 658. The fourth-order valence-corrected chi connectivity index (χ4v) is 2.82. The number of aryl methyl sites for hydroxylation is 2. The van der Waals surface area contributed by atoms with Crippen LogP contribution in [0.15, 0.2) is 36.9 Å². The van der Waals surface area contributed by atoms with E-state index < -0.39 is 0 Å². The molecule has 2 aromatic heterocycles.